The van der Waals surface area contributed by atoms with E-state index in [0.717, 1.165) is 23.1 Å². The van der Waals surface area contributed by atoms with Crippen LogP contribution in [0.2, 0.25) is 10.0 Å². The van der Waals surface area contributed by atoms with Gasteiger partial charge in [0.2, 0.25) is 10.3 Å². The van der Waals surface area contributed by atoms with Crippen molar-refractivity contribution >= 4 is 88.6 Å². The minimum atomic E-state index is -3.95. The van der Waals surface area contributed by atoms with Crippen molar-refractivity contribution in [2.24, 2.45) is 0 Å². The van der Waals surface area contributed by atoms with Crippen LogP contribution in [-0.4, -0.2) is 78.2 Å². The molecule has 0 aliphatic rings. The molecule has 0 aliphatic heterocycles. The third-order valence-corrected chi connectivity index (χ3v) is 12.6. The summed E-state index contributed by atoms with van der Waals surface area (Å²) in [4.78, 5) is 35.6. The summed E-state index contributed by atoms with van der Waals surface area (Å²) in [6, 6.07) is 9.14. The number of sulfonamides is 2. The molecule has 0 fully saturated rings. The van der Waals surface area contributed by atoms with Gasteiger partial charge in [-0.3, -0.25) is 14.2 Å². The van der Waals surface area contributed by atoms with Crippen LogP contribution in [0.5, 0.6) is 0 Å². The van der Waals surface area contributed by atoms with E-state index in [-0.39, 0.29) is 59.0 Å². The molecule has 1 atom stereocenters. The van der Waals surface area contributed by atoms with Gasteiger partial charge in [0.25, 0.3) is 26.0 Å². The van der Waals surface area contributed by atoms with Crippen molar-refractivity contribution in [1.29, 1.82) is 0 Å². The van der Waals surface area contributed by atoms with Crippen LogP contribution in [-0.2, 0) is 42.4 Å². The van der Waals surface area contributed by atoms with Gasteiger partial charge in [-0.15, -0.1) is 0 Å². The highest BCUT2D eigenvalue weighted by Gasteiger charge is 2.25. The molecule has 0 saturated carbocycles. The molecule has 2 amide bonds. The number of halogens is 2. The Bertz CT molecular complexity index is 2060. The fourth-order valence-corrected chi connectivity index (χ4v) is 9.11. The molecular weight excluding hydrogens is 772 g/mol. The minimum Gasteiger partial charge on any atom is -0.436 e. The number of benzene rings is 2. The maximum Gasteiger partial charge on any atom is 0.410 e. The van der Waals surface area contributed by atoms with Gasteiger partial charge in [-0.25, -0.2) is 31.6 Å². The number of aromatic nitrogens is 4. The average Bonchev–Trinajstić information content (AvgIpc) is 3.70. The minimum absolute atomic E-state index is 0.0238. The highest BCUT2D eigenvalue weighted by Crippen LogP contribution is 2.27. The molecule has 2 aromatic heterocycles. The zero-order valence-electron chi connectivity index (χ0n) is 27.3. The summed E-state index contributed by atoms with van der Waals surface area (Å²) >= 11 is 13.9. The second kappa shape index (κ2) is 17.1. The van der Waals surface area contributed by atoms with E-state index in [2.05, 4.69) is 33.5 Å². The summed E-state index contributed by atoms with van der Waals surface area (Å²) in [5.41, 5.74) is 0.808. The third kappa shape index (κ3) is 10.0. The summed E-state index contributed by atoms with van der Waals surface area (Å²) in [6.45, 7) is 7.18. The van der Waals surface area contributed by atoms with Crippen molar-refractivity contribution in [3.05, 3.63) is 69.2 Å². The topological polar surface area (TPSA) is 203 Å². The van der Waals surface area contributed by atoms with E-state index in [1.165, 1.54) is 29.2 Å². The van der Waals surface area contributed by atoms with Crippen molar-refractivity contribution in [1.82, 2.24) is 28.9 Å². The third-order valence-electron chi connectivity index (χ3n) is 7.19. The zero-order valence-corrected chi connectivity index (χ0v) is 32.0. The lowest BCUT2D eigenvalue weighted by molar-refractivity contribution is -0.130. The van der Waals surface area contributed by atoms with E-state index in [9.17, 15) is 26.4 Å². The number of carbonyl (C=O) groups is 2. The number of likely N-dealkylation sites (N-methyl/N-ethyl adjacent to an activating group) is 1. The zero-order chi connectivity index (χ0) is 36.6. The van der Waals surface area contributed by atoms with Gasteiger partial charge in [0.05, 0.1) is 9.79 Å². The number of amides is 2. The van der Waals surface area contributed by atoms with Gasteiger partial charge in [-0.2, -0.15) is 8.75 Å². The molecule has 0 radical (unpaired) electrons. The van der Waals surface area contributed by atoms with Gasteiger partial charge in [0.1, 0.15) is 11.6 Å². The number of nitrogens with zero attached hydrogens (tertiary/aromatic N) is 5. The number of hydrogen-bond acceptors (Lipinski definition) is 13. The number of anilines is 2. The smallest absolute Gasteiger partial charge is 0.410 e. The first-order valence-electron chi connectivity index (χ1n) is 15.1. The molecular formula is C29H34Cl2N8O7S4. The normalized spacial score (nSPS) is 12.3. The lowest BCUT2D eigenvalue weighted by Crippen LogP contribution is -2.42. The molecule has 4 aromatic rings. The molecule has 0 spiro atoms. The highest BCUT2D eigenvalue weighted by molar-refractivity contribution is 7.93. The Morgan fingerprint density at radius 1 is 0.840 bits per heavy atom. The first kappa shape index (κ1) is 39.2. The van der Waals surface area contributed by atoms with E-state index in [4.69, 9.17) is 27.9 Å². The molecule has 0 saturated heterocycles. The van der Waals surface area contributed by atoms with Crippen molar-refractivity contribution in [3.8, 4) is 0 Å². The van der Waals surface area contributed by atoms with Crippen LogP contribution in [0.1, 0.15) is 43.0 Å². The van der Waals surface area contributed by atoms with Crippen LogP contribution in [0.4, 0.5) is 15.1 Å². The van der Waals surface area contributed by atoms with E-state index in [1.807, 2.05) is 0 Å². The van der Waals surface area contributed by atoms with Crippen LogP contribution in [0.15, 0.2) is 46.2 Å². The van der Waals surface area contributed by atoms with Crippen molar-refractivity contribution < 1.29 is 31.2 Å². The van der Waals surface area contributed by atoms with Crippen LogP contribution in [0.3, 0.4) is 0 Å². The van der Waals surface area contributed by atoms with E-state index < -0.39 is 38.2 Å². The SMILES string of the molecule is CCC(OC(=O)N(CC)CCc1nsc(NS(=O)(=O)c2cccc(Cl)c2C)n1)C(=O)NCCc1nsc(NS(=O)(=O)c2cccc(Cl)c2C)n1. The standard InChI is InChI=1S/C29H34Cl2N8O7S4/c1-5-21(26(40)32-15-13-24-33-27(47-35-24)37-49(42,43)22-11-7-9-19(30)17(22)3)46-29(41)39(6-2)16-14-25-34-28(48-36-25)38-50(44,45)23-12-8-10-20(31)18(23)4/h7-12,21H,5-6,13-16H2,1-4H3,(H,32,40)(H,33,35,37)(H,34,36,38). The highest BCUT2D eigenvalue weighted by atomic mass is 35.5. The van der Waals surface area contributed by atoms with Crippen LogP contribution in [0, 0.1) is 13.8 Å². The fourth-order valence-electron chi connectivity index (χ4n) is 4.43. The number of hydrogen-bond donors (Lipinski definition) is 3. The van der Waals surface area contributed by atoms with Crippen LogP contribution >= 0.6 is 46.3 Å². The van der Waals surface area contributed by atoms with Gasteiger partial charge in [-0.1, -0.05) is 42.3 Å². The number of nitrogens with one attached hydrogen (secondary N) is 3. The Kier molecular flexibility index (Phi) is 13.4. The molecule has 1 unspecified atom stereocenters. The molecule has 2 aromatic carbocycles. The number of ether oxygens (including phenoxy) is 1. The number of rotatable bonds is 16. The quantitative estimate of drug-likeness (QED) is 0.137. The van der Waals surface area contributed by atoms with Crippen LogP contribution in [0.25, 0.3) is 0 Å². The summed E-state index contributed by atoms with van der Waals surface area (Å²) in [5, 5.41) is 3.45. The summed E-state index contributed by atoms with van der Waals surface area (Å²) in [5.74, 6) is 0.111. The lowest BCUT2D eigenvalue weighted by Gasteiger charge is -2.23. The average molecular weight is 806 g/mol. The van der Waals surface area contributed by atoms with E-state index in [1.54, 1.807) is 39.8 Å². The lowest BCUT2D eigenvalue weighted by atomic mass is 10.2. The molecule has 0 aliphatic carbocycles. The monoisotopic (exact) mass is 804 g/mol. The molecule has 270 valence electrons. The molecule has 15 nitrogen and oxygen atoms in total. The Balaban J connectivity index is 1.24. The Labute approximate surface area is 308 Å². The first-order chi connectivity index (χ1) is 23.6. The van der Waals surface area contributed by atoms with Gasteiger partial charge in [0, 0.05) is 65.6 Å². The molecule has 3 N–H and O–H groups in total. The van der Waals surface area contributed by atoms with Gasteiger partial charge in [0.15, 0.2) is 6.10 Å². The largest absolute Gasteiger partial charge is 0.436 e. The first-order valence-corrected chi connectivity index (χ1v) is 20.4. The molecule has 50 heavy (non-hydrogen) atoms. The van der Waals surface area contributed by atoms with E-state index in [0.29, 0.717) is 32.8 Å². The molecule has 2 heterocycles. The van der Waals surface area contributed by atoms with Crippen molar-refractivity contribution in [3.63, 3.8) is 0 Å². The Morgan fingerprint density at radius 3 is 1.82 bits per heavy atom. The second-order valence-electron chi connectivity index (χ2n) is 10.6. The van der Waals surface area contributed by atoms with Gasteiger partial charge >= 0.3 is 6.09 Å². The summed E-state index contributed by atoms with van der Waals surface area (Å²) < 4.78 is 70.0. The summed E-state index contributed by atoms with van der Waals surface area (Å²) in [7, 11) is -7.90. The van der Waals surface area contributed by atoms with Gasteiger partial charge in [-0.05, 0) is 62.6 Å². The molecule has 4 rings (SSSR count). The fraction of sp³-hybridized carbons (Fsp3) is 0.379. The second-order valence-corrected chi connectivity index (χ2v) is 16.2. The predicted octanol–water partition coefficient (Wildman–Crippen LogP) is 5.05. The van der Waals surface area contributed by atoms with Crippen molar-refractivity contribution in [2.75, 3.05) is 29.1 Å². The Hall–Kier alpha value is -3.62. The molecule has 21 heteroatoms. The van der Waals surface area contributed by atoms with Crippen LogP contribution < -0.4 is 14.8 Å². The predicted molar refractivity (Wildman–Crippen MR) is 192 cm³/mol. The van der Waals surface area contributed by atoms with Crippen molar-refractivity contribution in [2.45, 2.75) is 62.9 Å². The molecule has 0 bridgehead atoms. The maximum atomic E-state index is 12.9. The summed E-state index contributed by atoms with van der Waals surface area (Å²) in [6.07, 6.45) is -1.17. The Morgan fingerprint density at radius 2 is 1.34 bits per heavy atom. The number of carbonyl (C=O) groups excluding carboxylic acids is 2. The van der Waals surface area contributed by atoms with Gasteiger partial charge < -0.3 is 15.0 Å². The van der Waals surface area contributed by atoms with E-state index >= 15 is 0 Å². The maximum absolute atomic E-state index is 12.9.